The summed E-state index contributed by atoms with van der Waals surface area (Å²) in [5.41, 5.74) is 6.34. The first-order valence-electron chi connectivity index (χ1n) is 9.14. The van der Waals surface area contributed by atoms with E-state index in [0.717, 1.165) is 49.9 Å². The highest BCUT2D eigenvalue weighted by Crippen LogP contribution is 2.60. The lowest BCUT2D eigenvalue weighted by molar-refractivity contribution is -0.146. The maximum atomic E-state index is 12.9. The van der Waals surface area contributed by atoms with Crippen LogP contribution in [0.5, 0.6) is 0 Å². The highest BCUT2D eigenvalue weighted by Gasteiger charge is 2.54. The van der Waals surface area contributed by atoms with Gasteiger partial charge in [0.25, 0.3) is 0 Å². The Morgan fingerprint density at radius 3 is 1.95 bits per heavy atom. The molecule has 0 aliphatic heterocycles. The normalized spacial score (nSPS) is 41.8. The van der Waals surface area contributed by atoms with E-state index in [1.54, 1.807) is 0 Å². The molecule has 0 atom stereocenters. The second-order valence-corrected chi connectivity index (χ2v) is 8.80. The van der Waals surface area contributed by atoms with Crippen molar-refractivity contribution in [3.8, 4) is 0 Å². The van der Waals surface area contributed by atoms with Crippen LogP contribution in [0, 0.1) is 23.2 Å². The van der Waals surface area contributed by atoms with Gasteiger partial charge in [-0.25, -0.2) is 0 Å². The Morgan fingerprint density at radius 2 is 1.45 bits per heavy atom. The van der Waals surface area contributed by atoms with Gasteiger partial charge in [0.15, 0.2) is 0 Å². The minimum Gasteiger partial charge on any atom is -0.354 e. The third kappa shape index (κ3) is 2.91. The minimum absolute atomic E-state index is 0. The highest BCUT2D eigenvalue weighted by molar-refractivity contribution is 5.85. The molecule has 5 saturated carbocycles. The van der Waals surface area contributed by atoms with Gasteiger partial charge >= 0.3 is 0 Å². The van der Waals surface area contributed by atoms with E-state index in [4.69, 9.17) is 5.73 Å². The number of nitrogens with two attached hydrogens (primary N) is 1. The number of halogens is 1. The van der Waals surface area contributed by atoms with Crippen LogP contribution in [-0.4, -0.2) is 18.0 Å². The molecule has 0 aromatic rings. The van der Waals surface area contributed by atoms with Crippen molar-refractivity contribution in [2.75, 3.05) is 6.54 Å². The van der Waals surface area contributed by atoms with E-state index in [0.29, 0.717) is 12.5 Å². The molecule has 4 heteroatoms. The van der Waals surface area contributed by atoms with Gasteiger partial charge in [-0.1, -0.05) is 19.3 Å². The molecule has 5 aliphatic carbocycles. The zero-order valence-electron chi connectivity index (χ0n) is 13.6. The van der Waals surface area contributed by atoms with Crippen LogP contribution in [0.2, 0.25) is 0 Å². The molecule has 5 fully saturated rings. The number of carbonyl (C=O) groups excluding carboxylic acids is 1. The van der Waals surface area contributed by atoms with Gasteiger partial charge in [0.05, 0.1) is 0 Å². The lowest BCUT2D eigenvalue weighted by atomic mass is 9.49. The Kier molecular flexibility index (Phi) is 4.50. The first-order valence-corrected chi connectivity index (χ1v) is 9.14. The molecule has 5 aliphatic rings. The maximum absolute atomic E-state index is 12.9. The molecular weight excluding hydrogens is 296 g/mol. The smallest absolute Gasteiger partial charge is 0.226 e. The van der Waals surface area contributed by atoms with Gasteiger partial charge in [0, 0.05) is 17.5 Å². The Morgan fingerprint density at radius 1 is 0.955 bits per heavy atom. The van der Waals surface area contributed by atoms with Crippen LogP contribution in [0.3, 0.4) is 0 Å². The zero-order chi connectivity index (χ0) is 14.5. The number of hydrogen-bond donors (Lipinski definition) is 2. The third-order valence-corrected chi connectivity index (χ3v) is 6.97. The van der Waals surface area contributed by atoms with Gasteiger partial charge < -0.3 is 11.1 Å². The van der Waals surface area contributed by atoms with Gasteiger partial charge in [0.2, 0.25) is 5.91 Å². The molecule has 3 N–H and O–H groups in total. The zero-order valence-corrected chi connectivity index (χ0v) is 14.4. The fourth-order valence-electron chi connectivity index (χ4n) is 6.27. The molecule has 0 saturated heterocycles. The highest BCUT2D eigenvalue weighted by atomic mass is 35.5. The molecule has 3 nitrogen and oxygen atoms in total. The number of carbonyl (C=O) groups is 1. The molecule has 1 amide bonds. The van der Waals surface area contributed by atoms with Crippen LogP contribution in [0.25, 0.3) is 0 Å². The van der Waals surface area contributed by atoms with E-state index >= 15 is 0 Å². The van der Waals surface area contributed by atoms with Crippen molar-refractivity contribution in [3.63, 3.8) is 0 Å². The predicted octanol–water partition coefficient (Wildman–Crippen LogP) is 3.40. The summed E-state index contributed by atoms with van der Waals surface area (Å²) >= 11 is 0. The van der Waals surface area contributed by atoms with Gasteiger partial charge in [0.1, 0.15) is 0 Å². The van der Waals surface area contributed by atoms with E-state index in [9.17, 15) is 4.79 Å². The second kappa shape index (κ2) is 5.98. The average Bonchev–Trinajstić information content (AvgIpc) is 2.44. The summed E-state index contributed by atoms with van der Waals surface area (Å²) in [5, 5.41) is 3.29. The Hall–Kier alpha value is -0.280. The second-order valence-electron chi connectivity index (χ2n) is 8.80. The molecule has 4 bridgehead atoms. The summed E-state index contributed by atoms with van der Waals surface area (Å²) < 4.78 is 0. The lowest BCUT2D eigenvalue weighted by Crippen LogP contribution is -2.57. The Bertz CT molecular complexity index is 396. The fourth-order valence-corrected chi connectivity index (χ4v) is 6.27. The minimum atomic E-state index is -0.129. The maximum Gasteiger partial charge on any atom is 0.226 e. The molecule has 0 aromatic carbocycles. The van der Waals surface area contributed by atoms with Gasteiger partial charge in [-0.3, -0.25) is 4.79 Å². The summed E-state index contributed by atoms with van der Waals surface area (Å²) in [6.45, 7) is 0.702. The standard InChI is InChI=1S/C18H30N2O.ClH/c19-18(4-2-1-3-5-18)12-20-16(21)17-9-13-6-14(10-17)8-15(7-13)11-17;/h13-15H,1-12,19H2,(H,20,21);1H. The van der Waals surface area contributed by atoms with E-state index in [1.165, 1.54) is 38.5 Å². The van der Waals surface area contributed by atoms with E-state index in [2.05, 4.69) is 5.32 Å². The topological polar surface area (TPSA) is 55.1 Å². The van der Waals surface area contributed by atoms with Crippen LogP contribution in [0.4, 0.5) is 0 Å². The quantitative estimate of drug-likeness (QED) is 0.835. The van der Waals surface area contributed by atoms with Crippen LogP contribution in [0.15, 0.2) is 0 Å². The van der Waals surface area contributed by atoms with E-state index in [1.807, 2.05) is 0 Å². The van der Waals surface area contributed by atoms with Crippen molar-refractivity contribution >= 4 is 18.3 Å². The number of nitrogens with one attached hydrogen (secondary N) is 1. The first kappa shape index (κ1) is 16.6. The van der Waals surface area contributed by atoms with Crippen molar-refractivity contribution in [2.24, 2.45) is 28.9 Å². The first-order chi connectivity index (χ1) is 10.1. The van der Waals surface area contributed by atoms with Gasteiger partial charge in [-0.2, -0.15) is 0 Å². The molecule has 126 valence electrons. The molecule has 0 heterocycles. The summed E-state index contributed by atoms with van der Waals surface area (Å²) in [6, 6.07) is 0. The summed E-state index contributed by atoms with van der Waals surface area (Å²) in [6.07, 6.45) is 13.6. The van der Waals surface area contributed by atoms with E-state index < -0.39 is 0 Å². The Labute approximate surface area is 140 Å². The van der Waals surface area contributed by atoms with Crippen LogP contribution < -0.4 is 11.1 Å². The molecule has 0 aromatic heterocycles. The molecule has 0 radical (unpaired) electrons. The van der Waals surface area contributed by atoms with Crippen LogP contribution in [0.1, 0.15) is 70.6 Å². The van der Waals surface area contributed by atoms with Crippen molar-refractivity contribution in [1.82, 2.24) is 5.32 Å². The molecular formula is C18H31ClN2O. The Balaban J connectivity index is 0.00000144. The van der Waals surface area contributed by atoms with Gasteiger partial charge in [-0.05, 0) is 69.1 Å². The SMILES string of the molecule is Cl.NC1(CNC(=O)C23CC4CC(CC(C4)C2)C3)CCCCC1. The van der Waals surface area contributed by atoms with Crippen LogP contribution >= 0.6 is 12.4 Å². The number of amides is 1. The largest absolute Gasteiger partial charge is 0.354 e. The predicted molar refractivity (Wildman–Crippen MR) is 90.9 cm³/mol. The van der Waals surface area contributed by atoms with Crippen molar-refractivity contribution in [1.29, 1.82) is 0 Å². The van der Waals surface area contributed by atoms with Crippen molar-refractivity contribution < 1.29 is 4.79 Å². The summed E-state index contributed by atoms with van der Waals surface area (Å²) in [5.74, 6) is 2.85. The van der Waals surface area contributed by atoms with E-state index in [-0.39, 0.29) is 23.4 Å². The third-order valence-electron chi connectivity index (χ3n) is 6.97. The average molecular weight is 327 g/mol. The molecule has 0 spiro atoms. The van der Waals surface area contributed by atoms with Crippen LogP contribution in [-0.2, 0) is 4.79 Å². The molecule has 22 heavy (non-hydrogen) atoms. The van der Waals surface area contributed by atoms with Gasteiger partial charge in [-0.15, -0.1) is 12.4 Å². The lowest BCUT2D eigenvalue weighted by Gasteiger charge is -2.55. The monoisotopic (exact) mass is 326 g/mol. The van der Waals surface area contributed by atoms with Crippen molar-refractivity contribution in [2.45, 2.75) is 76.2 Å². The fraction of sp³-hybridized carbons (Fsp3) is 0.944. The summed E-state index contributed by atoms with van der Waals surface area (Å²) in [7, 11) is 0. The van der Waals surface area contributed by atoms with Crippen molar-refractivity contribution in [3.05, 3.63) is 0 Å². The summed E-state index contributed by atoms with van der Waals surface area (Å²) in [4.78, 5) is 12.9. The molecule has 5 rings (SSSR count). The molecule has 0 unspecified atom stereocenters. The number of rotatable bonds is 3. The number of hydrogen-bond acceptors (Lipinski definition) is 2.